The average Bonchev–Trinajstić information content (AvgIpc) is 2.87. The molecule has 0 saturated heterocycles. The van der Waals surface area contributed by atoms with Gasteiger partial charge in [-0.15, -0.1) is 0 Å². The molecule has 0 atom stereocenters. The van der Waals surface area contributed by atoms with Crippen molar-refractivity contribution in [3.05, 3.63) is 59.7 Å². The first-order valence-corrected chi connectivity index (χ1v) is 6.88. The van der Waals surface area contributed by atoms with E-state index < -0.39 is 17.2 Å². The van der Waals surface area contributed by atoms with Crippen LogP contribution in [0.15, 0.2) is 42.5 Å². The van der Waals surface area contributed by atoms with E-state index in [0.29, 0.717) is 24.0 Å². The van der Waals surface area contributed by atoms with Gasteiger partial charge in [-0.25, -0.2) is 8.78 Å². The summed E-state index contributed by atoms with van der Waals surface area (Å²) in [4.78, 5) is 0. The summed E-state index contributed by atoms with van der Waals surface area (Å²) in [6, 6.07) is 10.8. The summed E-state index contributed by atoms with van der Waals surface area (Å²) in [5.74, 6) is -1.20. The lowest BCUT2D eigenvalue weighted by Gasteiger charge is -2.26. The molecular weight excluding hydrogens is 258 g/mol. The molecule has 0 amide bonds. The molecule has 1 nitrogen and oxygen atoms in total. The van der Waals surface area contributed by atoms with E-state index in [-0.39, 0.29) is 5.56 Å². The molecule has 0 radical (unpaired) electrons. The van der Waals surface area contributed by atoms with E-state index in [1.807, 2.05) is 0 Å². The fourth-order valence-electron chi connectivity index (χ4n) is 3.09. The molecule has 104 valence electrons. The van der Waals surface area contributed by atoms with E-state index in [9.17, 15) is 13.9 Å². The molecule has 1 saturated carbocycles. The highest BCUT2D eigenvalue weighted by Crippen LogP contribution is 2.43. The van der Waals surface area contributed by atoms with Crippen molar-refractivity contribution in [1.29, 1.82) is 0 Å². The zero-order valence-electron chi connectivity index (χ0n) is 11.1. The Hall–Kier alpha value is -1.74. The number of aliphatic hydroxyl groups is 1. The van der Waals surface area contributed by atoms with Crippen molar-refractivity contribution < 1.29 is 13.9 Å². The van der Waals surface area contributed by atoms with Crippen LogP contribution in [0.25, 0.3) is 11.1 Å². The van der Waals surface area contributed by atoms with Gasteiger partial charge in [-0.05, 0) is 36.1 Å². The quantitative estimate of drug-likeness (QED) is 0.861. The third-order valence-electron chi connectivity index (χ3n) is 4.09. The van der Waals surface area contributed by atoms with Crippen LogP contribution >= 0.6 is 0 Å². The van der Waals surface area contributed by atoms with Gasteiger partial charge in [-0.2, -0.15) is 0 Å². The van der Waals surface area contributed by atoms with Crippen molar-refractivity contribution >= 4 is 0 Å². The summed E-state index contributed by atoms with van der Waals surface area (Å²) < 4.78 is 28.0. The largest absolute Gasteiger partial charge is 0.385 e. The maximum Gasteiger partial charge on any atom is 0.133 e. The fraction of sp³-hybridized carbons (Fsp3) is 0.294. The lowest BCUT2D eigenvalue weighted by molar-refractivity contribution is 0.0450. The van der Waals surface area contributed by atoms with E-state index >= 15 is 0 Å². The molecule has 1 aliphatic rings. The predicted octanol–water partition coefficient (Wildman–Crippen LogP) is 4.39. The number of hydrogen-bond donors (Lipinski definition) is 1. The van der Waals surface area contributed by atoms with Crippen molar-refractivity contribution in [2.75, 3.05) is 0 Å². The number of hydrogen-bond acceptors (Lipinski definition) is 1. The van der Waals surface area contributed by atoms with E-state index in [2.05, 4.69) is 0 Å². The topological polar surface area (TPSA) is 20.2 Å². The minimum atomic E-state index is -0.967. The zero-order chi connectivity index (χ0) is 14.2. The molecule has 2 aromatic carbocycles. The minimum Gasteiger partial charge on any atom is -0.385 e. The molecule has 20 heavy (non-hydrogen) atoms. The fourth-order valence-corrected chi connectivity index (χ4v) is 3.09. The molecular formula is C17H16F2O. The molecule has 1 fully saturated rings. The summed E-state index contributed by atoms with van der Waals surface area (Å²) in [5, 5.41) is 10.7. The molecule has 0 aliphatic heterocycles. The van der Waals surface area contributed by atoms with Gasteiger partial charge in [0.15, 0.2) is 0 Å². The Balaban J connectivity index is 2.20. The van der Waals surface area contributed by atoms with E-state index in [0.717, 1.165) is 12.8 Å². The van der Waals surface area contributed by atoms with E-state index in [1.165, 1.54) is 18.2 Å². The lowest BCUT2D eigenvalue weighted by atomic mass is 9.85. The first kappa shape index (κ1) is 13.3. The van der Waals surface area contributed by atoms with Gasteiger partial charge in [0.2, 0.25) is 0 Å². The molecule has 3 heteroatoms. The molecule has 3 rings (SSSR count). The molecule has 0 heterocycles. The van der Waals surface area contributed by atoms with Crippen LogP contribution in [0.3, 0.4) is 0 Å². The maximum absolute atomic E-state index is 14.0. The molecule has 0 unspecified atom stereocenters. The van der Waals surface area contributed by atoms with Crippen LogP contribution in [0.2, 0.25) is 0 Å². The smallest absolute Gasteiger partial charge is 0.133 e. The number of rotatable bonds is 2. The predicted molar refractivity (Wildman–Crippen MR) is 74.2 cm³/mol. The second-order valence-electron chi connectivity index (χ2n) is 5.38. The Morgan fingerprint density at radius 1 is 0.850 bits per heavy atom. The van der Waals surface area contributed by atoms with Gasteiger partial charge in [0, 0.05) is 0 Å². The Morgan fingerprint density at radius 2 is 1.45 bits per heavy atom. The molecule has 0 spiro atoms. The summed E-state index contributed by atoms with van der Waals surface area (Å²) in [5.41, 5.74) is 0.0584. The molecule has 1 aliphatic carbocycles. The van der Waals surface area contributed by atoms with Crippen LogP contribution in [0.5, 0.6) is 0 Å². The van der Waals surface area contributed by atoms with Gasteiger partial charge in [0.25, 0.3) is 0 Å². The second-order valence-corrected chi connectivity index (χ2v) is 5.38. The van der Waals surface area contributed by atoms with Crippen LogP contribution in [-0.4, -0.2) is 5.11 Å². The Morgan fingerprint density at radius 3 is 2.10 bits per heavy atom. The molecule has 2 aromatic rings. The summed E-state index contributed by atoms with van der Waals surface area (Å²) >= 11 is 0. The summed E-state index contributed by atoms with van der Waals surface area (Å²) in [6.45, 7) is 0. The second kappa shape index (κ2) is 4.98. The van der Waals surface area contributed by atoms with Crippen LogP contribution in [0.1, 0.15) is 31.2 Å². The Bertz CT molecular complexity index is 610. The molecule has 0 bridgehead atoms. The van der Waals surface area contributed by atoms with Crippen molar-refractivity contribution in [3.8, 4) is 11.1 Å². The SMILES string of the molecule is OC1(c2ccccc2-c2c(F)cccc2F)CCCC1. The molecule has 0 aromatic heterocycles. The first-order chi connectivity index (χ1) is 9.62. The normalized spacial score (nSPS) is 17.4. The first-order valence-electron chi connectivity index (χ1n) is 6.88. The maximum atomic E-state index is 14.0. The van der Waals surface area contributed by atoms with Crippen molar-refractivity contribution in [2.24, 2.45) is 0 Å². The van der Waals surface area contributed by atoms with Crippen LogP contribution in [0.4, 0.5) is 8.78 Å². The zero-order valence-corrected chi connectivity index (χ0v) is 11.1. The number of halogens is 2. The third-order valence-corrected chi connectivity index (χ3v) is 4.09. The Labute approximate surface area is 116 Å². The van der Waals surface area contributed by atoms with Crippen molar-refractivity contribution in [3.63, 3.8) is 0 Å². The summed E-state index contributed by atoms with van der Waals surface area (Å²) in [7, 11) is 0. The van der Waals surface area contributed by atoms with Crippen LogP contribution < -0.4 is 0 Å². The van der Waals surface area contributed by atoms with Gasteiger partial charge in [0.1, 0.15) is 11.6 Å². The van der Waals surface area contributed by atoms with Gasteiger partial charge in [-0.3, -0.25) is 0 Å². The van der Waals surface area contributed by atoms with Gasteiger partial charge in [-0.1, -0.05) is 43.2 Å². The average molecular weight is 274 g/mol. The van der Waals surface area contributed by atoms with Crippen LogP contribution in [0, 0.1) is 11.6 Å². The standard InChI is InChI=1S/C17H16F2O/c18-14-8-5-9-15(19)16(14)12-6-1-2-7-13(12)17(20)10-3-4-11-17/h1-2,5-9,20H,3-4,10-11H2. The monoisotopic (exact) mass is 274 g/mol. The number of benzene rings is 2. The van der Waals surface area contributed by atoms with Gasteiger partial charge in [0.05, 0.1) is 11.2 Å². The van der Waals surface area contributed by atoms with E-state index in [4.69, 9.17) is 0 Å². The molecule has 1 N–H and O–H groups in total. The Kier molecular flexibility index (Phi) is 3.30. The summed E-state index contributed by atoms with van der Waals surface area (Å²) in [6.07, 6.45) is 3.15. The lowest BCUT2D eigenvalue weighted by Crippen LogP contribution is -2.22. The minimum absolute atomic E-state index is 0.0524. The highest BCUT2D eigenvalue weighted by atomic mass is 19.1. The van der Waals surface area contributed by atoms with Gasteiger partial charge >= 0.3 is 0 Å². The van der Waals surface area contributed by atoms with E-state index in [1.54, 1.807) is 24.3 Å². The van der Waals surface area contributed by atoms with Crippen molar-refractivity contribution in [2.45, 2.75) is 31.3 Å². The third kappa shape index (κ3) is 2.12. The van der Waals surface area contributed by atoms with Crippen LogP contribution in [-0.2, 0) is 5.60 Å². The highest BCUT2D eigenvalue weighted by molar-refractivity contribution is 5.69. The highest BCUT2D eigenvalue weighted by Gasteiger charge is 2.35. The van der Waals surface area contributed by atoms with Gasteiger partial charge < -0.3 is 5.11 Å². The van der Waals surface area contributed by atoms with Crippen molar-refractivity contribution in [1.82, 2.24) is 0 Å².